The maximum atomic E-state index is 14.4. The summed E-state index contributed by atoms with van der Waals surface area (Å²) in [5, 5.41) is 5.94. The summed E-state index contributed by atoms with van der Waals surface area (Å²) in [7, 11) is 0. The first-order chi connectivity index (χ1) is 11.9. The Hall–Kier alpha value is -2.40. The van der Waals surface area contributed by atoms with Crippen molar-refractivity contribution in [3.05, 3.63) is 57.9 Å². The summed E-state index contributed by atoms with van der Waals surface area (Å²) in [6.45, 7) is 3.64. The van der Waals surface area contributed by atoms with Gasteiger partial charge in [0.15, 0.2) is 0 Å². The Morgan fingerprint density at radius 1 is 1.32 bits per heavy atom. The zero-order chi connectivity index (χ0) is 18.1. The molecule has 0 aromatic heterocycles. The largest absolute Gasteiger partial charge is 0.326 e. The van der Waals surface area contributed by atoms with Crippen LogP contribution in [0.3, 0.4) is 0 Å². The van der Waals surface area contributed by atoms with Gasteiger partial charge in [-0.3, -0.25) is 9.59 Å². The van der Waals surface area contributed by atoms with Crippen LogP contribution in [0.15, 0.2) is 30.3 Å². The van der Waals surface area contributed by atoms with Gasteiger partial charge in [0.1, 0.15) is 5.82 Å². The number of hydrogen-bond acceptors (Lipinski definition) is 2. The molecule has 1 aliphatic heterocycles. The number of aryl methyl sites for hydroxylation is 1. The van der Waals surface area contributed by atoms with E-state index in [1.54, 1.807) is 25.1 Å². The van der Waals surface area contributed by atoms with Gasteiger partial charge in [0.25, 0.3) is 0 Å². The Morgan fingerprint density at radius 3 is 2.76 bits per heavy atom. The lowest BCUT2D eigenvalue weighted by Gasteiger charge is -2.28. The van der Waals surface area contributed by atoms with E-state index in [2.05, 4.69) is 10.6 Å². The highest BCUT2D eigenvalue weighted by atomic mass is 35.5. The second-order valence-corrected chi connectivity index (χ2v) is 6.56. The topological polar surface area (TPSA) is 58.2 Å². The van der Waals surface area contributed by atoms with Crippen LogP contribution in [-0.2, 0) is 9.59 Å². The Kier molecular flexibility index (Phi) is 4.77. The lowest BCUT2D eigenvalue weighted by atomic mass is 9.83. The molecule has 0 fully saturated rings. The first kappa shape index (κ1) is 17.4. The molecule has 0 spiro atoms. The van der Waals surface area contributed by atoms with Gasteiger partial charge in [-0.05, 0) is 41.8 Å². The number of anilines is 2. The molecule has 2 aromatic carbocycles. The predicted molar refractivity (Wildman–Crippen MR) is 96.6 cm³/mol. The zero-order valence-corrected chi connectivity index (χ0v) is 14.7. The van der Waals surface area contributed by atoms with E-state index in [1.165, 1.54) is 6.07 Å². The predicted octanol–water partition coefficient (Wildman–Crippen LogP) is 4.61. The molecule has 0 saturated heterocycles. The minimum atomic E-state index is -0.431. The SMILES string of the molecule is CCC(=O)Nc1cc2c(cc1C)C(c1ccc(Cl)cc1F)CC(=O)N2. The van der Waals surface area contributed by atoms with Crippen molar-refractivity contribution in [3.8, 4) is 0 Å². The minimum absolute atomic E-state index is 0.106. The Morgan fingerprint density at radius 2 is 2.08 bits per heavy atom. The normalized spacial score (nSPS) is 16.2. The Labute approximate surface area is 150 Å². The van der Waals surface area contributed by atoms with Gasteiger partial charge < -0.3 is 10.6 Å². The van der Waals surface area contributed by atoms with Crippen molar-refractivity contribution >= 4 is 34.8 Å². The van der Waals surface area contributed by atoms with Crippen LogP contribution in [0.2, 0.25) is 5.02 Å². The van der Waals surface area contributed by atoms with E-state index in [0.717, 1.165) is 11.1 Å². The number of carbonyl (C=O) groups excluding carboxylic acids is 2. The maximum absolute atomic E-state index is 14.4. The molecule has 3 rings (SSSR count). The van der Waals surface area contributed by atoms with Gasteiger partial charge in [0.05, 0.1) is 0 Å². The highest BCUT2D eigenvalue weighted by Crippen LogP contribution is 2.40. The van der Waals surface area contributed by atoms with Gasteiger partial charge in [0, 0.05) is 35.2 Å². The van der Waals surface area contributed by atoms with E-state index in [-0.39, 0.29) is 18.2 Å². The van der Waals surface area contributed by atoms with Gasteiger partial charge in [-0.1, -0.05) is 30.7 Å². The molecular formula is C19H18ClFN2O2. The van der Waals surface area contributed by atoms with Gasteiger partial charge in [0.2, 0.25) is 11.8 Å². The molecule has 1 atom stereocenters. The molecule has 0 aliphatic carbocycles. The fourth-order valence-corrected chi connectivity index (χ4v) is 3.22. The quantitative estimate of drug-likeness (QED) is 0.839. The molecule has 1 unspecified atom stereocenters. The van der Waals surface area contributed by atoms with Crippen molar-refractivity contribution in [2.75, 3.05) is 10.6 Å². The minimum Gasteiger partial charge on any atom is -0.326 e. The van der Waals surface area contributed by atoms with Crippen LogP contribution in [-0.4, -0.2) is 11.8 Å². The summed E-state index contributed by atoms with van der Waals surface area (Å²) in [5.74, 6) is -1.12. The van der Waals surface area contributed by atoms with Crippen LogP contribution in [0, 0.1) is 12.7 Å². The van der Waals surface area contributed by atoms with Crippen molar-refractivity contribution in [3.63, 3.8) is 0 Å². The van der Waals surface area contributed by atoms with Gasteiger partial charge >= 0.3 is 0 Å². The summed E-state index contributed by atoms with van der Waals surface area (Å²) in [5.41, 5.74) is 3.35. The van der Waals surface area contributed by atoms with Gasteiger partial charge in [-0.25, -0.2) is 4.39 Å². The van der Waals surface area contributed by atoms with Crippen LogP contribution in [0.4, 0.5) is 15.8 Å². The van der Waals surface area contributed by atoms with E-state index >= 15 is 0 Å². The third-order valence-electron chi connectivity index (χ3n) is 4.37. The fraction of sp³-hybridized carbons (Fsp3) is 0.263. The number of benzene rings is 2. The molecule has 0 saturated carbocycles. The van der Waals surface area contributed by atoms with Crippen LogP contribution in [0.1, 0.15) is 42.4 Å². The Balaban J connectivity index is 2.07. The lowest BCUT2D eigenvalue weighted by Crippen LogP contribution is -2.24. The summed E-state index contributed by atoms with van der Waals surface area (Å²) < 4.78 is 14.4. The number of fused-ring (bicyclic) bond motifs is 1. The van der Waals surface area contributed by atoms with E-state index in [0.29, 0.717) is 28.4 Å². The molecule has 2 aromatic rings. The highest BCUT2D eigenvalue weighted by Gasteiger charge is 2.29. The second-order valence-electron chi connectivity index (χ2n) is 6.13. The molecule has 1 heterocycles. The van der Waals surface area contributed by atoms with Gasteiger partial charge in [-0.15, -0.1) is 0 Å². The van der Waals surface area contributed by atoms with Crippen LogP contribution in [0.25, 0.3) is 0 Å². The number of amides is 2. The maximum Gasteiger partial charge on any atom is 0.225 e. The molecule has 1 aliphatic rings. The summed E-state index contributed by atoms with van der Waals surface area (Å²) in [6.07, 6.45) is 0.521. The molecule has 4 nitrogen and oxygen atoms in total. The first-order valence-electron chi connectivity index (χ1n) is 8.08. The van der Waals surface area contributed by atoms with Crippen LogP contribution >= 0.6 is 11.6 Å². The van der Waals surface area contributed by atoms with E-state index in [9.17, 15) is 14.0 Å². The first-order valence-corrected chi connectivity index (χ1v) is 8.46. The number of carbonyl (C=O) groups is 2. The smallest absolute Gasteiger partial charge is 0.225 e. The standard InChI is InChI=1S/C19H18ClFN2O2/c1-3-18(24)22-16-9-17-14(6-10(16)2)13(8-19(25)23-17)12-5-4-11(20)7-15(12)21/h4-7,9,13H,3,8H2,1-2H3,(H,22,24)(H,23,25). The monoisotopic (exact) mass is 360 g/mol. The average molecular weight is 361 g/mol. The average Bonchev–Trinajstić information content (AvgIpc) is 2.55. The molecule has 2 amide bonds. The van der Waals surface area contributed by atoms with Crippen molar-refractivity contribution in [1.29, 1.82) is 0 Å². The van der Waals surface area contributed by atoms with Crippen LogP contribution < -0.4 is 10.6 Å². The van der Waals surface area contributed by atoms with Crippen molar-refractivity contribution in [2.45, 2.75) is 32.6 Å². The van der Waals surface area contributed by atoms with Gasteiger partial charge in [-0.2, -0.15) is 0 Å². The molecule has 6 heteroatoms. The van der Waals surface area contributed by atoms with Crippen molar-refractivity contribution in [2.24, 2.45) is 0 Å². The third kappa shape index (κ3) is 3.51. The highest BCUT2D eigenvalue weighted by molar-refractivity contribution is 6.30. The Bertz CT molecular complexity index is 867. The van der Waals surface area contributed by atoms with E-state index < -0.39 is 11.7 Å². The lowest BCUT2D eigenvalue weighted by molar-refractivity contribution is -0.117. The van der Waals surface area contributed by atoms with Crippen molar-refractivity contribution in [1.82, 2.24) is 0 Å². The zero-order valence-electron chi connectivity index (χ0n) is 14.0. The fourth-order valence-electron chi connectivity index (χ4n) is 3.06. The van der Waals surface area contributed by atoms with Crippen LogP contribution in [0.5, 0.6) is 0 Å². The van der Waals surface area contributed by atoms with Crippen molar-refractivity contribution < 1.29 is 14.0 Å². The number of rotatable bonds is 3. The second kappa shape index (κ2) is 6.84. The molecule has 130 valence electrons. The number of hydrogen-bond donors (Lipinski definition) is 2. The molecule has 25 heavy (non-hydrogen) atoms. The summed E-state index contributed by atoms with van der Waals surface area (Å²) in [6, 6.07) is 8.11. The molecule has 2 N–H and O–H groups in total. The van der Waals surface area contributed by atoms with E-state index in [1.807, 2.05) is 13.0 Å². The van der Waals surface area contributed by atoms with E-state index in [4.69, 9.17) is 11.6 Å². The number of nitrogens with one attached hydrogen (secondary N) is 2. The molecular weight excluding hydrogens is 343 g/mol. The molecule has 0 bridgehead atoms. The number of halogens is 2. The summed E-state index contributed by atoms with van der Waals surface area (Å²) in [4.78, 5) is 23.8. The molecule has 0 radical (unpaired) electrons. The third-order valence-corrected chi connectivity index (χ3v) is 4.60. The summed E-state index contributed by atoms with van der Waals surface area (Å²) >= 11 is 5.83.